The van der Waals surface area contributed by atoms with Crippen LogP contribution < -0.4 is 0 Å². The van der Waals surface area contributed by atoms with Gasteiger partial charge in [0.2, 0.25) is 0 Å². The van der Waals surface area contributed by atoms with E-state index in [1.54, 1.807) is 0 Å². The Labute approximate surface area is 276 Å². The molecule has 7 heteroatoms. The summed E-state index contributed by atoms with van der Waals surface area (Å²) in [6.45, 7) is 8.92. The maximum absolute atomic E-state index is 12.0. The molecule has 0 aromatic rings. The van der Waals surface area contributed by atoms with Gasteiger partial charge in [-0.05, 0) is 38.2 Å². The van der Waals surface area contributed by atoms with Crippen molar-refractivity contribution in [1.82, 2.24) is 0 Å². The van der Waals surface area contributed by atoms with Crippen LogP contribution in [0.3, 0.4) is 0 Å². The molecule has 0 heterocycles. The Morgan fingerprint density at radius 1 is 0.467 bits per heavy atom. The van der Waals surface area contributed by atoms with E-state index in [0.717, 1.165) is 12.8 Å². The number of carboxylic acid groups (broad SMARTS) is 3. The smallest absolute Gasteiger partial charge is 0.312 e. The highest BCUT2D eigenvalue weighted by Crippen LogP contribution is 2.24. The van der Waals surface area contributed by atoms with Gasteiger partial charge in [-0.15, -0.1) is 0 Å². The lowest BCUT2D eigenvalue weighted by Gasteiger charge is -2.42. The molecule has 0 spiro atoms. The zero-order valence-corrected chi connectivity index (χ0v) is 29.8. The van der Waals surface area contributed by atoms with E-state index in [1.807, 2.05) is 26.8 Å². The van der Waals surface area contributed by atoms with Crippen LogP contribution in [0, 0.1) is 17.8 Å². The normalized spacial score (nSPS) is 15.1. The number of carboxylic acids is 3. The van der Waals surface area contributed by atoms with Crippen molar-refractivity contribution < 1.29 is 34.2 Å². The molecule has 0 saturated heterocycles. The standard InChI is InChI=1S/C38H71NO6/c1-5-9-10-11-12-13-14-15-16-17-18-19-20-21-22-23-24-25-26-27-28-29-39(30-33(6-2)36(40)41,31-34(7-3)37(42)43)32-35(8-4)38(44)45/h27-28,33-35H,5-26,29-32H2,1-4H3,(H2-,40,41,42,43,44,45)/p+1/b28-27+. The molecule has 0 fully saturated rings. The highest BCUT2D eigenvalue weighted by Gasteiger charge is 2.39. The number of quaternary nitrogens is 1. The van der Waals surface area contributed by atoms with Crippen molar-refractivity contribution in [1.29, 1.82) is 0 Å². The van der Waals surface area contributed by atoms with Crippen LogP contribution in [0.4, 0.5) is 0 Å². The number of hydrogen-bond acceptors (Lipinski definition) is 3. The summed E-state index contributed by atoms with van der Waals surface area (Å²) in [5.41, 5.74) is 0. The molecule has 0 aromatic heterocycles. The van der Waals surface area contributed by atoms with Crippen molar-refractivity contribution in [3.8, 4) is 0 Å². The SMILES string of the molecule is CCCCCCCCCCCCCCCCCCCC/C=C/C[N+](CC(CC)C(=O)O)(CC(CC)C(=O)O)CC(CC)C(=O)O. The van der Waals surface area contributed by atoms with Crippen LogP contribution in [-0.4, -0.2) is 63.9 Å². The fraction of sp³-hybridized carbons (Fsp3) is 0.868. The number of rotatable bonds is 33. The highest BCUT2D eigenvalue weighted by atomic mass is 16.4. The summed E-state index contributed by atoms with van der Waals surface area (Å²) < 4.78 is 0.177. The second kappa shape index (κ2) is 28.3. The number of aliphatic carboxylic acids is 3. The van der Waals surface area contributed by atoms with Gasteiger partial charge in [0.25, 0.3) is 0 Å². The molecular formula is C38H72NO6+. The monoisotopic (exact) mass is 639 g/mol. The molecule has 45 heavy (non-hydrogen) atoms. The van der Waals surface area contributed by atoms with E-state index in [-0.39, 0.29) is 24.1 Å². The molecular weight excluding hydrogens is 566 g/mol. The van der Waals surface area contributed by atoms with E-state index < -0.39 is 35.7 Å². The van der Waals surface area contributed by atoms with Gasteiger partial charge in [-0.2, -0.15) is 0 Å². The largest absolute Gasteiger partial charge is 0.481 e. The third-order valence-corrected chi connectivity index (χ3v) is 9.73. The van der Waals surface area contributed by atoms with Crippen LogP contribution in [0.5, 0.6) is 0 Å². The number of hydrogen-bond donors (Lipinski definition) is 3. The summed E-state index contributed by atoms with van der Waals surface area (Å²) in [4.78, 5) is 36.0. The van der Waals surface area contributed by atoms with Gasteiger partial charge in [0.1, 0.15) is 17.8 Å². The summed E-state index contributed by atoms with van der Waals surface area (Å²) in [6, 6.07) is 0. The van der Waals surface area contributed by atoms with Gasteiger partial charge in [0, 0.05) is 0 Å². The van der Waals surface area contributed by atoms with E-state index in [9.17, 15) is 29.7 Å². The van der Waals surface area contributed by atoms with E-state index in [0.29, 0.717) is 25.8 Å². The Morgan fingerprint density at radius 2 is 0.756 bits per heavy atom. The quantitative estimate of drug-likeness (QED) is 0.0375. The fourth-order valence-corrected chi connectivity index (χ4v) is 6.58. The first-order valence-electron chi connectivity index (χ1n) is 18.8. The lowest BCUT2D eigenvalue weighted by Crippen LogP contribution is -2.58. The van der Waals surface area contributed by atoms with Gasteiger partial charge in [-0.1, -0.05) is 143 Å². The van der Waals surface area contributed by atoms with Crippen molar-refractivity contribution >= 4 is 17.9 Å². The summed E-state index contributed by atoms with van der Waals surface area (Å²) in [5, 5.41) is 29.5. The average molecular weight is 639 g/mol. The molecule has 0 bridgehead atoms. The third kappa shape index (κ3) is 22.3. The number of nitrogens with zero attached hydrogens (tertiary/aromatic N) is 1. The van der Waals surface area contributed by atoms with Gasteiger partial charge in [-0.3, -0.25) is 14.4 Å². The Morgan fingerprint density at radius 3 is 1.02 bits per heavy atom. The number of unbranched alkanes of at least 4 members (excludes halogenated alkanes) is 18. The molecule has 7 nitrogen and oxygen atoms in total. The van der Waals surface area contributed by atoms with E-state index in [4.69, 9.17) is 0 Å². The zero-order chi connectivity index (χ0) is 33.8. The second-order valence-corrected chi connectivity index (χ2v) is 13.7. The minimum absolute atomic E-state index is 0.177. The zero-order valence-electron chi connectivity index (χ0n) is 29.8. The maximum atomic E-state index is 12.0. The predicted octanol–water partition coefficient (Wildman–Crippen LogP) is 10.1. The predicted molar refractivity (Wildman–Crippen MR) is 187 cm³/mol. The molecule has 264 valence electrons. The van der Waals surface area contributed by atoms with E-state index >= 15 is 0 Å². The molecule has 3 unspecified atom stereocenters. The van der Waals surface area contributed by atoms with Crippen molar-refractivity contribution in [3.63, 3.8) is 0 Å². The minimum atomic E-state index is -0.908. The summed E-state index contributed by atoms with van der Waals surface area (Å²) in [7, 11) is 0. The molecule has 0 aliphatic carbocycles. The van der Waals surface area contributed by atoms with Crippen LogP contribution >= 0.6 is 0 Å². The van der Waals surface area contributed by atoms with Crippen molar-refractivity contribution in [2.75, 3.05) is 26.2 Å². The summed E-state index contributed by atoms with van der Waals surface area (Å²) in [5.74, 6) is -4.67. The minimum Gasteiger partial charge on any atom is -0.481 e. The first kappa shape index (κ1) is 43.1. The maximum Gasteiger partial charge on any atom is 0.312 e. The van der Waals surface area contributed by atoms with Crippen LogP contribution in [-0.2, 0) is 14.4 Å². The van der Waals surface area contributed by atoms with E-state index in [1.165, 1.54) is 109 Å². The van der Waals surface area contributed by atoms with Gasteiger partial charge in [-0.25, -0.2) is 0 Å². The Balaban J connectivity index is 4.56. The van der Waals surface area contributed by atoms with Gasteiger partial charge in [0.15, 0.2) is 0 Å². The molecule has 0 radical (unpaired) electrons. The van der Waals surface area contributed by atoms with Gasteiger partial charge in [0.05, 0.1) is 26.2 Å². The fourth-order valence-electron chi connectivity index (χ4n) is 6.58. The molecule has 0 aliphatic heterocycles. The topological polar surface area (TPSA) is 112 Å². The lowest BCUT2D eigenvalue weighted by molar-refractivity contribution is -0.929. The Kier molecular flexibility index (Phi) is 27.2. The molecule has 3 atom stereocenters. The van der Waals surface area contributed by atoms with Gasteiger partial charge >= 0.3 is 17.9 Å². The van der Waals surface area contributed by atoms with Crippen molar-refractivity contribution in [2.45, 2.75) is 169 Å². The molecule has 0 aromatic carbocycles. The molecule has 0 aliphatic rings. The first-order valence-corrected chi connectivity index (χ1v) is 18.8. The summed E-state index contributed by atoms with van der Waals surface area (Å²) >= 11 is 0. The number of allylic oxidation sites excluding steroid dienone is 1. The van der Waals surface area contributed by atoms with Gasteiger partial charge < -0.3 is 19.8 Å². The molecule has 0 amide bonds. The van der Waals surface area contributed by atoms with E-state index in [2.05, 4.69) is 13.0 Å². The van der Waals surface area contributed by atoms with Crippen molar-refractivity contribution in [3.05, 3.63) is 12.2 Å². The van der Waals surface area contributed by atoms with Crippen LogP contribution in [0.25, 0.3) is 0 Å². The number of carbonyl (C=O) groups is 3. The second-order valence-electron chi connectivity index (χ2n) is 13.7. The van der Waals surface area contributed by atoms with Crippen LogP contribution in [0.2, 0.25) is 0 Å². The molecule has 0 saturated carbocycles. The molecule has 0 rings (SSSR count). The van der Waals surface area contributed by atoms with Crippen molar-refractivity contribution in [2.24, 2.45) is 17.8 Å². The highest BCUT2D eigenvalue weighted by molar-refractivity contribution is 5.71. The first-order chi connectivity index (χ1) is 21.7. The van der Waals surface area contributed by atoms with Crippen LogP contribution in [0.1, 0.15) is 169 Å². The molecule has 3 N–H and O–H groups in total. The average Bonchev–Trinajstić information content (AvgIpc) is 3.01. The third-order valence-electron chi connectivity index (χ3n) is 9.73. The van der Waals surface area contributed by atoms with Crippen LogP contribution in [0.15, 0.2) is 12.2 Å². The lowest BCUT2D eigenvalue weighted by atomic mass is 9.96. The Bertz CT molecular complexity index is 722. The Hall–Kier alpha value is -1.89. The summed E-state index contributed by atoms with van der Waals surface area (Å²) in [6.07, 6.45) is 30.6.